The summed E-state index contributed by atoms with van der Waals surface area (Å²) in [5.41, 5.74) is 0.612. The van der Waals surface area contributed by atoms with Crippen LogP contribution < -0.4 is 14.8 Å². The second kappa shape index (κ2) is 8.29. The molecule has 0 unspecified atom stereocenters. The maximum Gasteiger partial charge on any atom is 0.251 e. The molecule has 5 heteroatoms. The predicted octanol–water partition coefficient (Wildman–Crippen LogP) is 3.55. The van der Waals surface area contributed by atoms with Crippen LogP contribution in [-0.4, -0.2) is 26.2 Å². The highest BCUT2D eigenvalue weighted by atomic mass is 35.5. The fourth-order valence-corrected chi connectivity index (χ4v) is 1.94. The molecule has 4 nitrogen and oxygen atoms in total. The van der Waals surface area contributed by atoms with E-state index in [1.54, 1.807) is 43.4 Å². The first kappa shape index (κ1) is 16.2. The molecular formula is C17H18ClNO3. The van der Waals surface area contributed by atoms with Gasteiger partial charge >= 0.3 is 0 Å². The molecule has 0 radical (unpaired) electrons. The van der Waals surface area contributed by atoms with Gasteiger partial charge in [-0.15, -0.1) is 0 Å². The summed E-state index contributed by atoms with van der Waals surface area (Å²) in [5, 5.41) is 3.27. The van der Waals surface area contributed by atoms with Crippen molar-refractivity contribution in [3.05, 3.63) is 59.1 Å². The van der Waals surface area contributed by atoms with Gasteiger partial charge in [0, 0.05) is 24.1 Å². The highest BCUT2D eigenvalue weighted by Gasteiger charge is 2.02. The number of halogens is 1. The first-order valence-corrected chi connectivity index (χ1v) is 7.40. The minimum absolute atomic E-state index is 0.108. The van der Waals surface area contributed by atoms with Crippen LogP contribution in [0.4, 0.5) is 0 Å². The maximum absolute atomic E-state index is 11.4. The molecule has 0 aliphatic carbocycles. The fraction of sp³-hybridized carbons (Fsp3) is 0.235. The average molecular weight is 320 g/mol. The van der Waals surface area contributed by atoms with Gasteiger partial charge in [0.1, 0.15) is 11.5 Å². The number of ether oxygens (including phenoxy) is 2. The molecule has 2 rings (SSSR count). The van der Waals surface area contributed by atoms with Crippen LogP contribution >= 0.6 is 11.6 Å². The number of nitrogens with one attached hydrogen (secondary N) is 1. The van der Waals surface area contributed by atoms with Gasteiger partial charge in [0.2, 0.25) is 0 Å². The quantitative estimate of drug-likeness (QED) is 0.794. The molecule has 0 saturated heterocycles. The van der Waals surface area contributed by atoms with Crippen LogP contribution in [0.25, 0.3) is 0 Å². The molecule has 22 heavy (non-hydrogen) atoms. The summed E-state index contributed by atoms with van der Waals surface area (Å²) in [6.45, 7) is 1.12. The van der Waals surface area contributed by atoms with Crippen molar-refractivity contribution < 1.29 is 14.3 Å². The van der Waals surface area contributed by atoms with Crippen LogP contribution in [0.3, 0.4) is 0 Å². The lowest BCUT2D eigenvalue weighted by Gasteiger charge is -2.08. The van der Waals surface area contributed by atoms with Crippen molar-refractivity contribution in [3.8, 4) is 11.5 Å². The highest BCUT2D eigenvalue weighted by Crippen LogP contribution is 2.16. The Morgan fingerprint density at radius 1 is 0.955 bits per heavy atom. The summed E-state index contributed by atoms with van der Waals surface area (Å²) in [6, 6.07) is 14.3. The molecule has 1 amide bonds. The minimum atomic E-state index is -0.108. The molecule has 0 aromatic heterocycles. The molecule has 116 valence electrons. The molecular weight excluding hydrogens is 302 g/mol. The number of carbonyl (C=O) groups is 1. The van der Waals surface area contributed by atoms with Crippen LogP contribution in [-0.2, 0) is 0 Å². The molecule has 2 aromatic rings. The second-order valence-corrected chi connectivity index (χ2v) is 5.04. The molecule has 1 N–H and O–H groups in total. The van der Waals surface area contributed by atoms with Crippen molar-refractivity contribution in [2.45, 2.75) is 6.42 Å². The predicted molar refractivity (Wildman–Crippen MR) is 86.9 cm³/mol. The smallest absolute Gasteiger partial charge is 0.251 e. The normalized spacial score (nSPS) is 10.1. The zero-order valence-corrected chi connectivity index (χ0v) is 13.1. The molecule has 0 heterocycles. The SMILES string of the molecule is CNC(=O)c1ccc(OCCCOc2ccc(Cl)cc2)cc1. The van der Waals surface area contributed by atoms with Crippen molar-refractivity contribution in [1.29, 1.82) is 0 Å². The van der Waals surface area contributed by atoms with Gasteiger partial charge in [-0.2, -0.15) is 0 Å². The second-order valence-electron chi connectivity index (χ2n) is 4.61. The van der Waals surface area contributed by atoms with E-state index in [1.165, 1.54) is 0 Å². The van der Waals surface area contributed by atoms with Crippen molar-refractivity contribution in [1.82, 2.24) is 5.32 Å². The van der Waals surface area contributed by atoms with Gasteiger partial charge < -0.3 is 14.8 Å². The van der Waals surface area contributed by atoms with E-state index in [-0.39, 0.29) is 5.91 Å². The van der Waals surface area contributed by atoms with E-state index in [0.29, 0.717) is 23.8 Å². The number of hydrogen-bond donors (Lipinski definition) is 1. The Morgan fingerprint density at radius 3 is 1.95 bits per heavy atom. The molecule has 2 aromatic carbocycles. The van der Waals surface area contributed by atoms with Crippen molar-refractivity contribution in [2.24, 2.45) is 0 Å². The fourth-order valence-electron chi connectivity index (χ4n) is 1.82. The molecule has 0 aliphatic rings. The summed E-state index contributed by atoms with van der Waals surface area (Å²) in [7, 11) is 1.60. The molecule has 0 saturated carbocycles. The van der Waals surface area contributed by atoms with Gasteiger partial charge in [0.15, 0.2) is 0 Å². The van der Waals surface area contributed by atoms with E-state index in [1.807, 2.05) is 12.1 Å². The van der Waals surface area contributed by atoms with E-state index in [9.17, 15) is 4.79 Å². The first-order valence-electron chi connectivity index (χ1n) is 7.02. The van der Waals surface area contributed by atoms with Crippen molar-refractivity contribution >= 4 is 17.5 Å². The third-order valence-electron chi connectivity index (χ3n) is 2.98. The highest BCUT2D eigenvalue weighted by molar-refractivity contribution is 6.30. The summed E-state index contributed by atoms with van der Waals surface area (Å²) >= 11 is 5.80. The summed E-state index contributed by atoms with van der Waals surface area (Å²) in [6.07, 6.45) is 0.764. The third-order valence-corrected chi connectivity index (χ3v) is 3.24. The lowest BCUT2D eigenvalue weighted by atomic mass is 10.2. The molecule has 0 atom stereocenters. The maximum atomic E-state index is 11.4. The van der Waals surface area contributed by atoms with Crippen molar-refractivity contribution in [2.75, 3.05) is 20.3 Å². The van der Waals surface area contributed by atoms with E-state index >= 15 is 0 Å². The van der Waals surface area contributed by atoms with Gasteiger partial charge in [-0.3, -0.25) is 4.79 Å². The van der Waals surface area contributed by atoms with E-state index < -0.39 is 0 Å². The number of amides is 1. The first-order chi connectivity index (χ1) is 10.7. The Balaban J connectivity index is 1.68. The van der Waals surface area contributed by atoms with Gasteiger partial charge in [0.25, 0.3) is 5.91 Å². The van der Waals surface area contributed by atoms with Gasteiger partial charge in [-0.25, -0.2) is 0 Å². The van der Waals surface area contributed by atoms with Crippen LogP contribution in [0.1, 0.15) is 16.8 Å². The van der Waals surface area contributed by atoms with Gasteiger partial charge in [-0.05, 0) is 48.5 Å². The van der Waals surface area contributed by atoms with Crippen LogP contribution in [0.15, 0.2) is 48.5 Å². The lowest BCUT2D eigenvalue weighted by molar-refractivity contribution is 0.0963. The van der Waals surface area contributed by atoms with E-state index in [2.05, 4.69) is 5.32 Å². The van der Waals surface area contributed by atoms with Crippen LogP contribution in [0, 0.1) is 0 Å². The lowest BCUT2D eigenvalue weighted by Crippen LogP contribution is -2.17. The summed E-state index contributed by atoms with van der Waals surface area (Å²) < 4.78 is 11.2. The van der Waals surface area contributed by atoms with E-state index in [0.717, 1.165) is 17.9 Å². The molecule has 0 aliphatic heterocycles. The van der Waals surface area contributed by atoms with E-state index in [4.69, 9.17) is 21.1 Å². The Hall–Kier alpha value is -2.20. The largest absolute Gasteiger partial charge is 0.493 e. The Bertz CT molecular complexity index is 596. The standard InChI is InChI=1S/C17H18ClNO3/c1-19-17(20)13-3-7-15(8-4-13)21-11-2-12-22-16-9-5-14(18)6-10-16/h3-10H,2,11-12H2,1H3,(H,19,20). The molecule has 0 spiro atoms. The molecule has 0 fully saturated rings. The monoisotopic (exact) mass is 319 g/mol. The zero-order chi connectivity index (χ0) is 15.8. The number of benzene rings is 2. The summed E-state index contributed by atoms with van der Waals surface area (Å²) in [5.74, 6) is 1.42. The topological polar surface area (TPSA) is 47.6 Å². The molecule has 0 bridgehead atoms. The Labute approximate surface area is 135 Å². The number of rotatable bonds is 7. The Kier molecular flexibility index (Phi) is 6.10. The van der Waals surface area contributed by atoms with Crippen LogP contribution in [0.5, 0.6) is 11.5 Å². The van der Waals surface area contributed by atoms with Gasteiger partial charge in [0.05, 0.1) is 13.2 Å². The zero-order valence-electron chi connectivity index (χ0n) is 12.3. The minimum Gasteiger partial charge on any atom is -0.493 e. The number of carbonyl (C=O) groups excluding carboxylic acids is 1. The Morgan fingerprint density at radius 2 is 1.45 bits per heavy atom. The number of hydrogen-bond acceptors (Lipinski definition) is 3. The average Bonchev–Trinajstić information content (AvgIpc) is 2.56. The van der Waals surface area contributed by atoms with Crippen molar-refractivity contribution in [3.63, 3.8) is 0 Å². The summed E-state index contributed by atoms with van der Waals surface area (Å²) in [4.78, 5) is 11.4. The van der Waals surface area contributed by atoms with Crippen LogP contribution in [0.2, 0.25) is 5.02 Å². The third kappa shape index (κ3) is 4.97. The van der Waals surface area contributed by atoms with Gasteiger partial charge in [-0.1, -0.05) is 11.6 Å².